The van der Waals surface area contributed by atoms with E-state index in [1.54, 1.807) is 0 Å². The average molecular weight is 254 g/mol. The predicted molar refractivity (Wildman–Crippen MR) is 78.3 cm³/mol. The second kappa shape index (κ2) is 4.84. The van der Waals surface area contributed by atoms with E-state index in [-0.39, 0.29) is 5.41 Å². The van der Waals surface area contributed by atoms with Gasteiger partial charge in [-0.3, -0.25) is 0 Å². The third-order valence-corrected chi connectivity index (χ3v) is 4.57. The second-order valence-corrected chi connectivity index (χ2v) is 5.73. The standard InChI is InChI=1S/C17H22N2/c1-3-9-19-13-18-12-16(19)17(4-2)10-14-7-5-6-8-15(14)11-17/h5-8,12-13H,3-4,9-11H2,1-2H3. The highest BCUT2D eigenvalue weighted by Crippen LogP contribution is 2.42. The third kappa shape index (κ3) is 1.99. The molecule has 0 unspecified atom stereocenters. The minimum atomic E-state index is 0.259. The monoisotopic (exact) mass is 254 g/mol. The number of aromatic nitrogens is 2. The minimum absolute atomic E-state index is 0.259. The van der Waals surface area contributed by atoms with Crippen LogP contribution in [0.15, 0.2) is 36.8 Å². The van der Waals surface area contributed by atoms with Crippen LogP contribution in [-0.4, -0.2) is 9.55 Å². The summed E-state index contributed by atoms with van der Waals surface area (Å²) in [5.41, 5.74) is 4.73. The number of hydrogen-bond donors (Lipinski definition) is 0. The van der Waals surface area contributed by atoms with E-state index in [1.165, 1.54) is 23.2 Å². The summed E-state index contributed by atoms with van der Waals surface area (Å²) in [5.74, 6) is 0. The number of benzene rings is 1. The molecular formula is C17H22N2. The van der Waals surface area contributed by atoms with Crippen LogP contribution in [0.1, 0.15) is 43.5 Å². The van der Waals surface area contributed by atoms with Gasteiger partial charge < -0.3 is 4.57 Å². The molecule has 1 aliphatic rings. The Balaban J connectivity index is 2.00. The van der Waals surface area contributed by atoms with Gasteiger partial charge in [-0.1, -0.05) is 38.1 Å². The molecule has 2 nitrogen and oxygen atoms in total. The molecule has 0 bridgehead atoms. The summed E-state index contributed by atoms with van der Waals surface area (Å²) in [6, 6.07) is 8.89. The zero-order valence-electron chi connectivity index (χ0n) is 11.9. The van der Waals surface area contributed by atoms with Crippen LogP contribution in [0.3, 0.4) is 0 Å². The van der Waals surface area contributed by atoms with Gasteiger partial charge in [0.15, 0.2) is 0 Å². The molecule has 0 aliphatic heterocycles. The number of nitrogens with zero attached hydrogens (tertiary/aromatic N) is 2. The summed E-state index contributed by atoms with van der Waals surface area (Å²) < 4.78 is 2.36. The van der Waals surface area contributed by atoms with Gasteiger partial charge in [0.25, 0.3) is 0 Å². The van der Waals surface area contributed by atoms with E-state index < -0.39 is 0 Å². The molecule has 3 rings (SSSR count). The molecule has 0 N–H and O–H groups in total. The van der Waals surface area contributed by atoms with E-state index in [0.717, 1.165) is 25.8 Å². The molecule has 1 heterocycles. The number of fused-ring (bicyclic) bond motifs is 1. The van der Waals surface area contributed by atoms with Crippen molar-refractivity contribution in [3.05, 3.63) is 53.6 Å². The Morgan fingerprint density at radius 2 is 1.84 bits per heavy atom. The van der Waals surface area contributed by atoms with Gasteiger partial charge in [0.05, 0.1) is 6.33 Å². The van der Waals surface area contributed by atoms with Crippen molar-refractivity contribution in [3.63, 3.8) is 0 Å². The number of aryl methyl sites for hydroxylation is 1. The first kappa shape index (κ1) is 12.5. The molecule has 2 aromatic rings. The van der Waals surface area contributed by atoms with Crippen molar-refractivity contribution in [2.45, 2.75) is 51.5 Å². The van der Waals surface area contributed by atoms with Crippen LogP contribution in [0.25, 0.3) is 0 Å². The molecule has 1 aromatic carbocycles. The van der Waals surface area contributed by atoms with Gasteiger partial charge in [-0.2, -0.15) is 0 Å². The fraction of sp³-hybridized carbons (Fsp3) is 0.471. The Labute approximate surface area is 115 Å². The molecule has 0 atom stereocenters. The van der Waals surface area contributed by atoms with Crippen LogP contribution < -0.4 is 0 Å². The van der Waals surface area contributed by atoms with E-state index in [4.69, 9.17) is 0 Å². The fourth-order valence-electron chi connectivity index (χ4n) is 3.49. The molecule has 2 heteroatoms. The first-order chi connectivity index (χ1) is 9.29. The van der Waals surface area contributed by atoms with Crippen molar-refractivity contribution >= 4 is 0 Å². The number of imidazole rings is 1. The van der Waals surface area contributed by atoms with Crippen LogP contribution in [0.5, 0.6) is 0 Å². The van der Waals surface area contributed by atoms with Crippen molar-refractivity contribution < 1.29 is 0 Å². The summed E-state index contributed by atoms with van der Waals surface area (Å²) in [6.07, 6.45) is 8.75. The predicted octanol–water partition coefficient (Wildman–Crippen LogP) is 3.74. The number of hydrogen-bond acceptors (Lipinski definition) is 1. The molecule has 0 radical (unpaired) electrons. The highest BCUT2D eigenvalue weighted by Gasteiger charge is 2.39. The smallest absolute Gasteiger partial charge is 0.0948 e. The lowest BCUT2D eigenvalue weighted by Crippen LogP contribution is -2.29. The summed E-state index contributed by atoms with van der Waals surface area (Å²) >= 11 is 0. The van der Waals surface area contributed by atoms with E-state index in [0.29, 0.717) is 0 Å². The fourth-order valence-corrected chi connectivity index (χ4v) is 3.49. The molecular weight excluding hydrogens is 232 g/mol. The van der Waals surface area contributed by atoms with E-state index in [9.17, 15) is 0 Å². The average Bonchev–Trinajstić information content (AvgIpc) is 3.03. The summed E-state index contributed by atoms with van der Waals surface area (Å²) in [5, 5.41) is 0. The Hall–Kier alpha value is -1.57. The topological polar surface area (TPSA) is 17.8 Å². The zero-order chi connectivity index (χ0) is 13.3. The lowest BCUT2D eigenvalue weighted by molar-refractivity contribution is 0.399. The van der Waals surface area contributed by atoms with E-state index >= 15 is 0 Å². The third-order valence-electron chi connectivity index (χ3n) is 4.57. The van der Waals surface area contributed by atoms with Crippen molar-refractivity contribution in [1.29, 1.82) is 0 Å². The van der Waals surface area contributed by atoms with Crippen LogP contribution in [0.4, 0.5) is 0 Å². The molecule has 1 aliphatic carbocycles. The maximum Gasteiger partial charge on any atom is 0.0948 e. The molecule has 19 heavy (non-hydrogen) atoms. The molecule has 0 fully saturated rings. The highest BCUT2D eigenvalue weighted by molar-refractivity contribution is 5.39. The van der Waals surface area contributed by atoms with Crippen molar-refractivity contribution in [2.24, 2.45) is 0 Å². The maximum atomic E-state index is 4.40. The Bertz CT molecular complexity index is 543. The Kier molecular flexibility index (Phi) is 3.17. The normalized spacial score (nSPS) is 16.5. The van der Waals surface area contributed by atoms with Gasteiger partial charge in [-0.25, -0.2) is 4.98 Å². The van der Waals surface area contributed by atoms with Gasteiger partial charge in [-0.15, -0.1) is 0 Å². The van der Waals surface area contributed by atoms with Crippen molar-refractivity contribution in [1.82, 2.24) is 9.55 Å². The van der Waals surface area contributed by atoms with Crippen molar-refractivity contribution in [2.75, 3.05) is 0 Å². The Morgan fingerprint density at radius 1 is 1.16 bits per heavy atom. The molecule has 0 spiro atoms. The van der Waals surface area contributed by atoms with E-state index in [2.05, 4.69) is 53.9 Å². The second-order valence-electron chi connectivity index (χ2n) is 5.73. The highest BCUT2D eigenvalue weighted by atomic mass is 15.1. The van der Waals surface area contributed by atoms with Gasteiger partial charge >= 0.3 is 0 Å². The van der Waals surface area contributed by atoms with Gasteiger partial charge in [0, 0.05) is 23.9 Å². The van der Waals surface area contributed by atoms with Crippen LogP contribution in [0.2, 0.25) is 0 Å². The molecule has 1 aromatic heterocycles. The molecule has 0 saturated heterocycles. The minimum Gasteiger partial charge on any atom is -0.334 e. The quantitative estimate of drug-likeness (QED) is 0.812. The van der Waals surface area contributed by atoms with E-state index in [1.807, 2.05) is 6.33 Å². The first-order valence-electron chi connectivity index (χ1n) is 7.36. The lowest BCUT2D eigenvalue weighted by atomic mass is 9.79. The Morgan fingerprint density at radius 3 is 2.42 bits per heavy atom. The molecule has 0 amide bonds. The lowest BCUT2D eigenvalue weighted by Gasteiger charge is -2.28. The summed E-state index contributed by atoms with van der Waals surface area (Å²) in [6.45, 7) is 5.62. The van der Waals surface area contributed by atoms with Gasteiger partial charge in [0.2, 0.25) is 0 Å². The molecule has 100 valence electrons. The SMILES string of the molecule is CCCn1cncc1C1(CC)Cc2ccccc2C1. The molecule has 0 saturated carbocycles. The van der Waals surface area contributed by atoms with Crippen molar-refractivity contribution in [3.8, 4) is 0 Å². The van der Waals surface area contributed by atoms with Crippen LogP contribution in [0, 0.1) is 0 Å². The van der Waals surface area contributed by atoms with Gasteiger partial charge in [-0.05, 0) is 36.8 Å². The number of rotatable bonds is 4. The van der Waals surface area contributed by atoms with Crippen LogP contribution in [-0.2, 0) is 24.8 Å². The summed E-state index contributed by atoms with van der Waals surface area (Å²) in [4.78, 5) is 4.40. The van der Waals surface area contributed by atoms with Crippen LogP contribution >= 0.6 is 0 Å². The van der Waals surface area contributed by atoms with Gasteiger partial charge in [0.1, 0.15) is 0 Å². The zero-order valence-corrected chi connectivity index (χ0v) is 11.9. The summed E-state index contributed by atoms with van der Waals surface area (Å²) in [7, 11) is 0. The first-order valence-corrected chi connectivity index (χ1v) is 7.36. The largest absolute Gasteiger partial charge is 0.334 e. The maximum absolute atomic E-state index is 4.40.